The topological polar surface area (TPSA) is 95.0 Å². The number of nitrogens with zero attached hydrogens (tertiary/aromatic N) is 2. The Balaban J connectivity index is 2.08. The molecule has 0 saturated carbocycles. The smallest absolute Gasteiger partial charge is 0.343 e. The SMILES string of the molecule is C=CCOC(=O)C1=C(C(=O)N(Cc2ccc(Cl)nc2)c2cc(OCC(=O)OC)c(Cl)cc2F)CCCC1. The zero-order valence-electron chi connectivity index (χ0n) is 20.1. The Morgan fingerprint density at radius 1 is 1.16 bits per heavy atom. The summed E-state index contributed by atoms with van der Waals surface area (Å²) in [6, 6.07) is 5.40. The summed E-state index contributed by atoms with van der Waals surface area (Å²) in [5, 5.41) is 0.149. The number of halogens is 3. The number of esters is 2. The number of anilines is 1. The van der Waals surface area contributed by atoms with Gasteiger partial charge in [-0.15, -0.1) is 0 Å². The number of pyridine rings is 1. The molecule has 0 saturated heterocycles. The number of hydrogen-bond acceptors (Lipinski definition) is 7. The van der Waals surface area contributed by atoms with Gasteiger partial charge in [-0.2, -0.15) is 0 Å². The molecule has 0 fully saturated rings. The molecular formula is C26H25Cl2FN2O6. The molecule has 1 aromatic heterocycles. The predicted molar refractivity (Wildman–Crippen MR) is 136 cm³/mol. The summed E-state index contributed by atoms with van der Waals surface area (Å²) in [4.78, 5) is 43.3. The predicted octanol–water partition coefficient (Wildman–Crippen LogP) is 5.21. The van der Waals surface area contributed by atoms with Crippen LogP contribution in [0.2, 0.25) is 10.2 Å². The van der Waals surface area contributed by atoms with Crippen LogP contribution in [0.25, 0.3) is 0 Å². The van der Waals surface area contributed by atoms with E-state index in [1.54, 1.807) is 12.1 Å². The molecule has 1 aliphatic carbocycles. The zero-order valence-corrected chi connectivity index (χ0v) is 21.6. The summed E-state index contributed by atoms with van der Waals surface area (Å²) in [7, 11) is 1.19. The van der Waals surface area contributed by atoms with E-state index in [1.807, 2.05) is 0 Å². The minimum absolute atomic E-state index is 0.00331. The van der Waals surface area contributed by atoms with Crippen LogP contribution in [-0.4, -0.2) is 43.2 Å². The molecule has 0 unspecified atom stereocenters. The standard InChI is InChI=1S/C26H25Cl2FN2O6/c1-3-10-36-26(34)18-7-5-4-6-17(18)25(33)31(14-16-8-9-23(28)30-13-16)21-12-22(19(27)11-20(21)29)37-15-24(32)35-2/h3,8-9,11-13H,1,4-7,10,14-15H2,2H3. The van der Waals surface area contributed by atoms with Crippen molar-refractivity contribution >= 4 is 46.7 Å². The van der Waals surface area contributed by atoms with Crippen molar-refractivity contribution < 1.29 is 33.0 Å². The maximum absolute atomic E-state index is 15.3. The molecule has 8 nitrogen and oxygen atoms in total. The third-order valence-electron chi connectivity index (χ3n) is 5.54. The van der Waals surface area contributed by atoms with Crippen molar-refractivity contribution in [2.45, 2.75) is 32.2 Å². The van der Waals surface area contributed by atoms with Crippen molar-refractivity contribution in [3.63, 3.8) is 0 Å². The number of rotatable bonds is 10. The Kier molecular flexibility index (Phi) is 10.0. The van der Waals surface area contributed by atoms with E-state index in [0.717, 1.165) is 6.07 Å². The second-order valence-electron chi connectivity index (χ2n) is 8.03. The highest BCUT2D eigenvalue weighted by Crippen LogP contribution is 2.36. The lowest BCUT2D eigenvalue weighted by Gasteiger charge is -2.28. The zero-order chi connectivity index (χ0) is 26.9. The number of amides is 1. The highest BCUT2D eigenvalue weighted by atomic mass is 35.5. The molecule has 1 aliphatic rings. The highest BCUT2D eigenvalue weighted by molar-refractivity contribution is 6.32. The van der Waals surface area contributed by atoms with Gasteiger partial charge in [-0.25, -0.2) is 19.0 Å². The van der Waals surface area contributed by atoms with Gasteiger partial charge >= 0.3 is 11.9 Å². The molecular weight excluding hydrogens is 526 g/mol. The fraction of sp³-hybridized carbons (Fsp3) is 0.308. The molecule has 0 radical (unpaired) electrons. The van der Waals surface area contributed by atoms with E-state index in [2.05, 4.69) is 16.3 Å². The molecule has 196 valence electrons. The molecule has 2 aromatic rings. The van der Waals surface area contributed by atoms with Crippen molar-refractivity contribution in [1.82, 2.24) is 4.98 Å². The molecule has 0 atom stereocenters. The van der Waals surface area contributed by atoms with Crippen LogP contribution in [-0.2, 0) is 30.4 Å². The molecule has 0 bridgehead atoms. The first-order valence-electron chi connectivity index (χ1n) is 11.4. The largest absolute Gasteiger partial charge is 0.480 e. The summed E-state index contributed by atoms with van der Waals surface area (Å²) in [5.74, 6) is -2.70. The van der Waals surface area contributed by atoms with E-state index in [1.165, 1.54) is 30.3 Å². The van der Waals surface area contributed by atoms with E-state index in [9.17, 15) is 14.4 Å². The third kappa shape index (κ3) is 7.30. The van der Waals surface area contributed by atoms with E-state index >= 15 is 4.39 Å². The molecule has 37 heavy (non-hydrogen) atoms. The minimum Gasteiger partial charge on any atom is -0.480 e. The van der Waals surface area contributed by atoms with Gasteiger partial charge in [-0.1, -0.05) is 41.9 Å². The van der Waals surface area contributed by atoms with Crippen LogP contribution in [0.3, 0.4) is 0 Å². The van der Waals surface area contributed by atoms with E-state index < -0.39 is 30.3 Å². The van der Waals surface area contributed by atoms with Crippen molar-refractivity contribution in [1.29, 1.82) is 0 Å². The number of methoxy groups -OCH3 is 1. The fourth-order valence-electron chi connectivity index (χ4n) is 3.73. The number of carbonyl (C=O) groups is 3. The second-order valence-corrected chi connectivity index (χ2v) is 8.83. The van der Waals surface area contributed by atoms with E-state index in [-0.39, 0.29) is 45.9 Å². The van der Waals surface area contributed by atoms with Crippen LogP contribution in [0.4, 0.5) is 10.1 Å². The Bertz CT molecular complexity index is 1220. The van der Waals surface area contributed by atoms with Crippen molar-refractivity contribution in [2.75, 3.05) is 25.2 Å². The van der Waals surface area contributed by atoms with Crippen molar-refractivity contribution in [3.8, 4) is 5.75 Å². The van der Waals surface area contributed by atoms with Gasteiger partial charge in [0.2, 0.25) is 0 Å². The number of carbonyl (C=O) groups excluding carboxylic acids is 3. The minimum atomic E-state index is -0.808. The van der Waals surface area contributed by atoms with Crippen LogP contribution in [0.15, 0.2) is 54.3 Å². The average Bonchev–Trinajstić information content (AvgIpc) is 2.90. The molecule has 1 amide bonds. The van der Waals surface area contributed by atoms with Gasteiger partial charge in [0.05, 0.1) is 24.4 Å². The van der Waals surface area contributed by atoms with Gasteiger partial charge in [-0.3, -0.25) is 4.79 Å². The second kappa shape index (κ2) is 13.2. The van der Waals surface area contributed by atoms with Crippen LogP contribution < -0.4 is 9.64 Å². The molecule has 0 aliphatic heterocycles. The lowest BCUT2D eigenvalue weighted by molar-refractivity contribution is -0.143. The van der Waals surface area contributed by atoms with Gasteiger partial charge in [-0.05, 0) is 43.4 Å². The molecule has 1 aromatic carbocycles. The first-order chi connectivity index (χ1) is 17.7. The highest BCUT2D eigenvalue weighted by Gasteiger charge is 2.31. The quantitative estimate of drug-likeness (QED) is 0.227. The Labute approximate surface area is 223 Å². The van der Waals surface area contributed by atoms with Gasteiger partial charge in [0.15, 0.2) is 6.61 Å². The summed E-state index contributed by atoms with van der Waals surface area (Å²) >= 11 is 12.0. The summed E-state index contributed by atoms with van der Waals surface area (Å²) in [6.45, 7) is 2.96. The lowest BCUT2D eigenvalue weighted by Crippen LogP contribution is -2.34. The molecule has 3 rings (SSSR count). The van der Waals surface area contributed by atoms with Gasteiger partial charge in [0, 0.05) is 23.4 Å². The number of ether oxygens (including phenoxy) is 3. The van der Waals surface area contributed by atoms with E-state index in [0.29, 0.717) is 31.2 Å². The summed E-state index contributed by atoms with van der Waals surface area (Å²) in [6.07, 6.45) is 4.93. The monoisotopic (exact) mass is 550 g/mol. The summed E-state index contributed by atoms with van der Waals surface area (Å²) < 4.78 is 30.4. The molecule has 0 spiro atoms. The van der Waals surface area contributed by atoms with Crippen molar-refractivity contribution in [3.05, 3.63) is 75.8 Å². The first-order valence-corrected chi connectivity index (χ1v) is 12.1. The Morgan fingerprint density at radius 2 is 1.89 bits per heavy atom. The third-order valence-corrected chi connectivity index (χ3v) is 6.06. The van der Waals surface area contributed by atoms with E-state index in [4.69, 9.17) is 32.7 Å². The van der Waals surface area contributed by atoms with Gasteiger partial charge in [0.1, 0.15) is 23.3 Å². The van der Waals surface area contributed by atoms with Gasteiger partial charge < -0.3 is 19.1 Å². The van der Waals surface area contributed by atoms with Crippen molar-refractivity contribution in [2.24, 2.45) is 0 Å². The summed E-state index contributed by atoms with van der Waals surface area (Å²) in [5.41, 5.74) is 0.861. The van der Waals surface area contributed by atoms with Crippen LogP contribution >= 0.6 is 23.2 Å². The van der Waals surface area contributed by atoms with Crippen LogP contribution in [0, 0.1) is 5.82 Å². The van der Waals surface area contributed by atoms with Gasteiger partial charge in [0.25, 0.3) is 5.91 Å². The average molecular weight is 551 g/mol. The fourth-order valence-corrected chi connectivity index (χ4v) is 4.05. The lowest BCUT2D eigenvalue weighted by atomic mass is 9.90. The first kappa shape index (κ1) is 28.1. The Morgan fingerprint density at radius 3 is 2.54 bits per heavy atom. The maximum atomic E-state index is 15.3. The van der Waals surface area contributed by atoms with Crippen LogP contribution in [0.1, 0.15) is 31.2 Å². The normalized spacial score (nSPS) is 13.1. The molecule has 1 heterocycles. The Hall–Kier alpha value is -3.43. The molecule has 0 N–H and O–H groups in total. The molecule has 11 heteroatoms. The number of aromatic nitrogens is 1. The number of benzene rings is 1. The number of hydrogen-bond donors (Lipinski definition) is 0. The maximum Gasteiger partial charge on any atom is 0.343 e. The van der Waals surface area contributed by atoms with Crippen LogP contribution in [0.5, 0.6) is 5.75 Å².